The molecule has 0 fully saturated rings. The van der Waals surface area contributed by atoms with Crippen LogP contribution < -0.4 is 10.2 Å². The van der Waals surface area contributed by atoms with Crippen molar-refractivity contribution in [2.75, 3.05) is 16.9 Å². The number of aryl methyl sites for hydroxylation is 1. The van der Waals surface area contributed by atoms with E-state index in [0.717, 1.165) is 12.0 Å². The van der Waals surface area contributed by atoms with Crippen LogP contribution in [0.4, 0.5) is 11.5 Å². The van der Waals surface area contributed by atoms with E-state index in [-0.39, 0.29) is 24.6 Å². The van der Waals surface area contributed by atoms with E-state index >= 15 is 0 Å². The molecular weight excluding hydrogens is 514 g/mol. The molecule has 0 bridgehead atoms. The molecule has 1 unspecified atom stereocenters. The number of hydrogen-bond acceptors (Lipinski definition) is 5. The highest BCUT2D eigenvalue weighted by Crippen LogP contribution is 2.29. The SMILES string of the molecule is CCc1ccc(N(CN2C(=O)c3ccc(Cl)cc3NC(=O)C2Cc2ccccn2)C(=O)c2ccccc2)nc1. The lowest BCUT2D eigenvalue weighted by Crippen LogP contribution is -2.53. The first-order chi connectivity index (χ1) is 18.9. The summed E-state index contributed by atoms with van der Waals surface area (Å²) in [5.74, 6) is -0.808. The van der Waals surface area contributed by atoms with Crippen molar-refractivity contribution < 1.29 is 14.4 Å². The van der Waals surface area contributed by atoms with Gasteiger partial charge < -0.3 is 10.2 Å². The van der Waals surface area contributed by atoms with E-state index in [1.807, 2.05) is 25.1 Å². The molecule has 1 N–H and O–H groups in total. The van der Waals surface area contributed by atoms with Crippen molar-refractivity contribution in [3.63, 3.8) is 0 Å². The van der Waals surface area contributed by atoms with Crippen LogP contribution in [0.2, 0.25) is 5.02 Å². The largest absolute Gasteiger partial charge is 0.323 e. The number of aromatic nitrogens is 2. The average Bonchev–Trinajstić information content (AvgIpc) is 3.06. The molecule has 0 radical (unpaired) electrons. The molecule has 2 aromatic heterocycles. The minimum absolute atomic E-state index is 0.149. The first-order valence-electron chi connectivity index (χ1n) is 12.6. The van der Waals surface area contributed by atoms with Gasteiger partial charge in [0.15, 0.2) is 0 Å². The monoisotopic (exact) mass is 539 g/mol. The molecular formula is C30H26ClN5O3. The minimum atomic E-state index is -0.959. The number of halogens is 1. The molecule has 0 saturated heterocycles. The van der Waals surface area contributed by atoms with Gasteiger partial charge in [-0.25, -0.2) is 4.98 Å². The number of carbonyl (C=O) groups is 3. The van der Waals surface area contributed by atoms with Crippen molar-refractivity contribution in [3.8, 4) is 0 Å². The van der Waals surface area contributed by atoms with Gasteiger partial charge in [0.1, 0.15) is 18.5 Å². The van der Waals surface area contributed by atoms with E-state index < -0.39 is 17.9 Å². The second-order valence-corrected chi connectivity index (χ2v) is 9.55. The third-order valence-corrected chi connectivity index (χ3v) is 6.83. The number of benzene rings is 2. The molecule has 1 aliphatic rings. The molecule has 0 spiro atoms. The number of nitrogens with one attached hydrogen (secondary N) is 1. The zero-order chi connectivity index (χ0) is 27.4. The van der Waals surface area contributed by atoms with Crippen LogP contribution >= 0.6 is 11.6 Å². The number of anilines is 2. The highest BCUT2D eigenvalue weighted by molar-refractivity contribution is 6.31. The lowest BCUT2D eigenvalue weighted by Gasteiger charge is -2.33. The Morgan fingerprint density at radius 3 is 2.49 bits per heavy atom. The third kappa shape index (κ3) is 5.66. The van der Waals surface area contributed by atoms with Crippen molar-refractivity contribution in [3.05, 3.63) is 119 Å². The summed E-state index contributed by atoms with van der Waals surface area (Å²) >= 11 is 6.18. The summed E-state index contributed by atoms with van der Waals surface area (Å²) in [6.07, 6.45) is 4.28. The molecule has 3 amide bonds. The highest BCUT2D eigenvalue weighted by atomic mass is 35.5. The van der Waals surface area contributed by atoms with E-state index in [1.54, 1.807) is 73.1 Å². The van der Waals surface area contributed by atoms with E-state index in [0.29, 0.717) is 27.8 Å². The molecule has 0 aliphatic carbocycles. The predicted octanol–water partition coefficient (Wildman–Crippen LogP) is 5.00. The molecule has 1 aliphatic heterocycles. The van der Waals surface area contributed by atoms with Gasteiger partial charge in [-0.2, -0.15) is 0 Å². The lowest BCUT2D eigenvalue weighted by molar-refractivity contribution is -0.120. The Labute approximate surface area is 231 Å². The number of rotatable bonds is 7. The van der Waals surface area contributed by atoms with Gasteiger partial charge in [-0.1, -0.05) is 48.9 Å². The molecule has 2 aromatic carbocycles. The summed E-state index contributed by atoms with van der Waals surface area (Å²) in [7, 11) is 0. The molecule has 3 heterocycles. The van der Waals surface area contributed by atoms with Gasteiger partial charge in [0, 0.05) is 35.1 Å². The predicted molar refractivity (Wildman–Crippen MR) is 150 cm³/mol. The normalized spacial score (nSPS) is 14.8. The first kappa shape index (κ1) is 26.1. The average molecular weight is 540 g/mol. The minimum Gasteiger partial charge on any atom is -0.323 e. The molecule has 196 valence electrons. The van der Waals surface area contributed by atoms with Gasteiger partial charge >= 0.3 is 0 Å². The van der Waals surface area contributed by atoms with Crippen LogP contribution in [0.3, 0.4) is 0 Å². The maximum Gasteiger partial charge on any atom is 0.260 e. The topological polar surface area (TPSA) is 95.5 Å². The van der Waals surface area contributed by atoms with E-state index in [4.69, 9.17) is 11.6 Å². The fourth-order valence-corrected chi connectivity index (χ4v) is 4.63. The number of nitrogens with zero attached hydrogens (tertiary/aromatic N) is 4. The smallest absolute Gasteiger partial charge is 0.260 e. The number of fused-ring (bicyclic) bond motifs is 1. The Balaban J connectivity index is 1.60. The summed E-state index contributed by atoms with van der Waals surface area (Å²) in [5, 5.41) is 3.24. The maximum atomic E-state index is 14.0. The van der Waals surface area contributed by atoms with Crippen molar-refractivity contribution in [1.82, 2.24) is 14.9 Å². The summed E-state index contributed by atoms with van der Waals surface area (Å²) in [4.78, 5) is 53.2. The zero-order valence-corrected chi connectivity index (χ0v) is 22.0. The molecule has 9 heteroatoms. The molecule has 8 nitrogen and oxygen atoms in total. The Kier molecular flexibility index (Phi) is 7.65. The van der Waals surface area contributed by atoms with Crippen molar-refractivity contribution >= 4 is 40.8 Å². The number of carbonyl (C=O) groups excluding carboxylic acids is 3. The Morgan fingerprint density at radius 2 is 1.79 bits per heavy atom. The van der Waals surface area contributed by atoms with E-state index in [1.165, 1.54) is 9.80 Å². The molecule has 39 heavy (non-hydrogen) atoms. The van der Waals surface area contributed by atoms with Gasteiger partial charge in [-0.3, -0.25) is 24.3 Å². The van der Waals surface area contributed by atoms with Crippen LogP contribution in [0, 0.1) is 0 Å². The fraction of sp³-hybridized carbons (Fsp3) is 0.167. The standard InChI is InChI=1S/C30H26ClN5O3/c1-2-20-11-14-27(33-18-20)36(29(38)21-8-4-3-5-9-21)19-35-26(17-23-10-6-7-15-32-23)28(37)34-25-16-22(31)12-13-24(25)30(35)39/h3-16,18,26H,2,17,19H2,1H3,(H,34,37). The van der Waals surface area contributed by atoms with Crippen molar-refractivity contribution in [2.24, 2.45) is 0 Å². The van der Waals surface area contributed by atoms with E-state index in [9.17, 15) is 14.4 Å². The molecule has 5 rings (SSSR count). The summed E-state index contributed by atoms with van der Waals surface area (Å²) in [5.41, 5.74) is 2.66. The fourth-order valence-electron chi connectivity index (χ4n) is 4.46. The second kappa shape index (κ2) is 11.4. The summed E-state index contributed by atoms with van der Waals surface area (Å²) in [6.45, 7) is 1.81. The van der Waals surface area contributed by atoms with Gasteiger partial charge in [0.2, 0.25) is 5.91 Å². The Hall–Kier alpha value is -4.56. The Bertz CT molecular complexity index is 1500. The number of hydrogen-bond donors (Lipinski definition) is 1. The third-order valence-electron chi connectivity index (χ3n) is 6.59. The molecule has 4 aromatic rings. The maximum absolute atomic E-state index is 14.0. The van der Waals surface area contributed by atoms with Gasteiger partial charge in [-0.05, 0) is 60.5 Å². The summed E-state index contributed by atoms with van der Waals surface area (Å²) in [6, 6.07) is 21.6. The van der Waals surface area contributed by atoms with Gasteiger partial charge in [-0.15, -0.1) is 0 Å². The summed E-state index contributed by atoms with van der Waals surface area (Å²) < 4.78 is 0. The van der Waals surface area contributed by atoms with Gasteiger partial charge in [0.25, 0.3) is 11.8 Å². The van der Waals surface area contributed by atoms with Crippen LogP contribution in [-0.4, -0.2) is 45.3 Å². The quantitative estimate of drug-likeness (QED) is 0.356. The van der Waals surface area contributed by atoms with Crippen LogP contribution in [0.1, 0.15) is 38.9 Å². The van der Waals surface area contributed by atoms with Crippen molar-refractivity contribution in [1.29, 1.82) is 0 Å². The highest BCUT2D eigenvalue weighted by Gasteiger charge is 2.38. The van der Waals surface area contributed by atoms with Crippen LogP contribution in [0.25, 0.3) is 0 Å². The first-order valence-corrected chi connectivity index (χ1v) is 13.0. The zero-order valence-electron chi connectivity index (χ0n) is 21.3. The van der Waals surface area contributed by atoms with Crippen molar-refractivity contribution in [2.45, 2.75) is 25.8 Å². The lowest BCUT2D eigenvalue weighted by atomic mass is 10.1. The van der Waals surface area contributed by atoms with E-state index in [2.05, 4.69) is 15.3 Å². The molecule has 1 atom stereocenters. The van der Waals surface area contributed by atoms with Gasteiger partial charge in [0.05, 0.1) is 11.3 Å². The number of amides is 3. The Morgan fingerprint density at radius 1 is 1.00 bits per heavy atom. The van der Waals surface area contributed by atoms with Crippen LogP contribution in [-0.2, 0) is 17.6 Å². The second-order valence-electron chi connectivity index (χ2n) is 9.11. The number of pyridine rings is 2. The molecule has 0 saturated carbocycles. The van der Waals surface area contributed by atoms with Crippen LogP contribution in [0.5, 0.6) is 0 Å². The van der Waals surface area contributed by atoms with Crippen LogP contribution in [0.15, 0.2) is 91.3 Å².